The second-order valence-electron chi connectivity index (χ2n) is 6.35. The van der Waals surface area contributed by atoms with E-state index >= 15 is 0 Å². The summed E-state index contributed by atoms with van der Waals surface area (Å²) >= 11 is 0. The Labute approximate surface area is 90.5 Å². The molecule has 1 fully saturated rings. The molecule has 1 rings (SSSR count). The van der Waals surface area contributed by atoms with Crippen LogP contribution in [0, 0.1) is 22.2 Å². The van der Waals surface area contributed by atoms with Crippen molar-refractivity contribution < 1.29 is 0 Å². The summed E-state index contributed by atoms with van der Waals surface area (Å²) < 4.78 is 0. The summed E-state index contributed by atoms with van der Waals surface area (Å²) in [7, 11) is 0. The molecule has 1 aliphatic carbocycles. The SMILES string of the molecule is CCC1(C)CC(C)(C(C)C)C1(C)CC. The summed E-state index contributed by atoms with van der Waals surface area (Å²) in [5.41, 5.74) is 1.69. The van der Waals surface area contributed by atoms with Crippen LogP contribution in [0.5, 0.6) is 0 Å². The average Bonchev–Trinajstić information content (AvgIpc) is 2.15. The van der Waals surface area contributed by atoms with E-state index in [1.807, 2.05) is 0 Å². The van der Waals surface area contributed by atoms with E-state index in [1.165, 1.54) is 19.3 Å². The fraction of sp³-hybridized carbons (Fsp3) is 1.00. The van der Waals surface area contributed by atoms with Gasteiger partial charge in [0.25, 0.3) is 0 Å². The molecule has 0 saturated heterocycles. The second-order valence-corrected chi connectivity index (χ2v) is 6.35. The molecular formula is C14H28. The van der Waals surface area contributed by atoms with Crippen LogP contribution in [0.15, 0.2) is 0 Å². The molecule has 0 aromatic rings. The van der Waals surface area contributed by atoms with E-state index in [-0.39, 0.29) is 0 Å². The van der Waals surface area contributed by atoms with Crippen LogP contribution in [0.2, 0.25) is 0 Å². The van der Waals surface area contributed by atoms with Crippen LogP contribution in [-0.2, 0) is 0 Å². The summed E-state index contributed by atoms with van der Waals surface area (Å²) in [4.78, 5) is 0. The fourth-order valence-electron chi connectivity index (χ4n) is 3.97. The van der Waals surface area contributed by atoms with Gasteiger partial charge in [0.2, 0.25) is 0 Å². The third-order valence-electron chi connectivity index (χ3n) is 6.11. The maximum absolute atomic E-state index is 2.51. The first-order chi connectivity index (χ1) is 6.27. The van der Waals surface area contributed by atoms with Gasteiger partial charge in [-0.15, -0.1) is 0 Å². The summed E-state index contributed by atoms with van der Waals surface area (Å²) in [5.74, 6) is 0.812. The molecular weight excluding hydrogens is 168 g/mol. The largest absolute Gasteiger partial charge is 0.0648 e. The first-order valence-corrected chi connectivity index (χ1v) is 6.27. The van der Waals surface area contributed by atoms with E-state index in [1.54, 1.807) is 0 Å². The Balaban J connectivity index is 3.00. The zero-order chi connectivity index (χ0) is 11.2. The van der Waals surface area contributed by atoms with Crippen LogP contribution in [0.3, 0.4) is 0 Å². The summed E-state index contributed by atoms with van der Waals surface area (Å²) in [5, 5.41) is 0. The van der Waals surface area contributed by atoms with Crippen LogP contribution < -0.4 is 0 Å². The summed E-state index contributed by atoms with van der Waals surface area (Å²) in [6.45, 7) is 17.0. The highest BCUT2D eigenvalue weighted by Gasteiger charge is 2.65. The molecule has 0 nitrogen and oxygen atoms in total. The molecule has 0 heteroatoms. The third-order valence-corrected chi connectivity index (χ3v) is 6.11. The zero-order valence-corrected chi connectivity index (χ0v) is 11.2. The predicted molar refractivity (Wildman–Crippen MR) is 64.4 cm³/mol. The Morgan fingerprint density at radius 1 is 1.00 bits per heavy atom. The van der Waals surface area contributed by atoms with E-state index in [9.17, 15) is 0 Å². The van der Waals surface area contributed by atoms with Gasteiger partial charge in [-0.25, -0.2) is 0 Å². The van der Waals surface area contributed by atoms with Crippen LogP contribution >= 0.6 is 0 Å². The first-order valence-electron chi connectivity index (χ1n) is 6.27. The van der Waals surface area contributed by atoms with Gasteiger partial charge in [0.1, 0.15) is 0 Å². The quantitative estimate of drug-likeness (QED) is 0.603. The third kappa shape index (κ3) is 1.12. The normalized spacial score (nSPS) is 48.0. The first kappa shape index (κ1) is 12.1. The van der Waals surface area contributed by atoms with Gasteiger partial charge in [-0.3, -0.25) is 0 Å². The lowest BCUT2D eigenvalue weighted by molar-refractivity contribution is -0.217. The lowest BCUT2D eigenvalue weighted by Gasteiger charge is -2.70. The minimum atomic E-state index is 0.545. The molecule has 0 aromatic carbocycles. The molecule has 0 N–H and O–H groups in total. The molecule has 3 atom stereocenters. The Kier molecular flexibility index (Phi) is 2.80. The van der Waals surface area contributed by atoms with Crippen molar-refractivity contribution in [2.45, 2.75) is 67.7 Å². The van der Waals surface area contributed by atoms with Crippen molar-refractivity contribution in [1.82, 2.24) is 0 Å². The lowest BCUT2D eigenvalue weighted by atomic mass is 9.34. The molecule has 1 saturated carbocycles. The van der Waals surface area contributed by atoms with Gasteiger partial charge in [0, 0.05) is 0 Å². The minimum Gasteiger partial charge on any atom is -0.0648 e. The molecule has 0 aromatic heterocycles. The van der Waals surface area contributed by atoms with Crippen molar-refractivity contribution in [1.29, 1.82) is 0 Å². The molecule has 84 valence electrons. The monoisotopic (exact) mass is 196 g/mol. The highest BCUT2D eigenvalue weighted by molar-refractivity contribution is 5.13. The zero-order valence-electron chi connectivity index (χ0n) is 11.2. The molecule has 0 radical (unpaired) electrons. The van der Waals surface area contributed by atoms with Gasteiger partial charge in [0.05, 0.1) is 0 Å². The summed E-state index contributed by atoms with van der Waals surface area (Å²) in [6, 6.07) is 0. The number of rotatable bonds is 3. The van der Waals surface area contributed by atoms with E-state index in [0.717, 1.165) is 5.92 Å². The van der Waals surface area contributed by atoms with Gasteiger partial charge in [-0.2, -0.15) is 0 Å². The van der Waals surface area contributed by atoms with Crippen molar-refractivity contribution in [2.24, 2.45) is 22.2 Å². The van der Waals surface area contributed by atoms with Gasteiger partial charge in [-0.1, -0.05) is 54.9 Å². The van der Waals surface area contributed by atoms with Crippen LogP contribution in [-0.4, -0.2) is 0 Å². The topological polar surface area (TPSA) is 0 Å². The molecule has 0 bridgehead atoms. The second kappa shape index (κ2) is 3.25. The van der Waals surface area contributed by atoms with Crippen molar-refractivity contribution in [3.8, 4) is 0 Å². The average molecular weight is 196 g/mol. The maximum atomic E-state index is 2.51. The van der Waals surface area contributed by atoms with Gasteiger partial charge in [-0.05, 0) is 35.0 Å². The Morgan fingerprint density at radius 3 is 1.79 bits per heavy atom. The predicted octanol–water partition coefficient (Wildman–Crippen LogP) is 4.89. The van der Waals surface area contributed by atoms with E-state index in [4.69, 9.17) is 0 Å². The maximum Gasteiger partial charge on any atom is -0.0218 e. The smallest absolute Gasteiger partial charge is 0.0218 e. The van der Waals surface area contributed by atoms with Crippen LogP contribution in [0.25, 0.3) is 0 Å². The molecule has 0 aliphatic heterocycles. The molecule has 3 unspecified atom stereocenters. The van der Waals surface area contributed by atoms with Crippen LogP contribution in [0.1, 0.15) is 67.7 Å². The Hall–Kier alpha value is 0. The van der Waals surface area contributed by atoms with Gasteiger partial charge < -0.3 is 0 Å². The molecule has 1 aliphatic rings. The fourth-order valence-corrected chi connectivity index (χ4v) is 3.97. The minimum absolute atomic E-state index is 0.545. The number of hydrogen-bond acceptors (Lipinski definition) is 0. The lowest BCUT2D eigenvalue weighted by Crippen LogP contribution is -2.63. The molecule has 0 heterocycles. The van der Waals surface area contributed by atoms with Crippen molar-refractivity contribution in [3.63, 3.8) is 0 Å². The highest BCUT2D eigenvalue weighted by Crippen LogP contribution is 2.73. The molecule has 14 heavy (non-hydrogen) atoms. The van der Waals surface area contributed by atoms with E-state index in [0.29, 0.717) is 16.2 Å². The van der Waals surface area contributed by atoms with Crippen LogP contribution in [0.4, 0.5) is 0 Å². The van der Waals surface area contributed by atoms with Crippen molar-refractivity contribution in [2.75, 3.05) is 0 Å². The Morgan fingerprint density at radius 2 is 1.50 bits per heavy atom. The van der Waals surface area contributed by atoms with Crippen molar-refractivity contribution >= 4 is 0 Å². The van der Waals surface area contributed by atoms with Gasteiger partial charge in [0.15, 0.2) is 0 Å². The van der Waals surface area contributed by atoms with E-state index < -0.39 is 0 Å². The molecule has 0 spiro atoms. The molecule has 0 amide bonds. The standard InChI is InChI=1S/C14H28/c1-8-12(5)10-13(6,11(3)4)14(12,7)9-2/h11H,8-10H2,1-7H3. The summed E-state index contributed by atoms with van der Waals surface area (Å²) in [6.07, 6.45) is 4.07. The van der Waals surface area contributed by atoms with Crippen molar-refractivity contribution in [3.05, 3.63) is 0 Å². The Bertz CT molecular complexity index is 218. The van der Waals surface area contributed by atoms with E-state index in [2.05, 4.69) is 48.5 Å². The van der Waals surface area contributed by atoms with Gasteiger partial charge >= 0.3 is 0 Å². The number of hydrogen-bond donors (Lipinski definition) is 0. The highest BCUT2D eigenvalue weighted by atomic mass is 14.7.